The van der Waals surface area contributed by atoms with E-state index in [9.17, 15) is 4.79 Å². The predicted octanol–water partition coefficient (Wildman–Crippen LogP) is -1.26. The molecule has 0 fully saturated rings. The minimum atomic E-state index is -0.719. The van der Waals surface area contributed by atoms with E-state index in [-0.39, 0.29) is 31.0 Å². The summed E-state index contributed by atoms with van der Waals surface area (Å²) in [5.74, 6) is -0.719. The van der Waals surface area contributed by atoms with Crippen LogP contribution in [0.3, 0.4) is 0 Å². The standard InChI is InChI=1S/C8H8O3.Na.H/c1-6-4-2-3-5-7(6)8(9)11-10;;/h2-5,10H,1H3;;/q;+1;-1. The molecule has 1 rings (SSSR count). The Morgan fingerprint density at radius 3 is 2.58 bits per heavy atom. The summed E-state index contributed by atoms with van der Waals surface area (Å²) in [6, 6.07) is 6.88. The molecule has 0 saturated heterocycles. The number of rotatable bonds is 1. The fourth-order valence-electron chi connectivity index (χ4n) is 0.851. The largest absolute Gasteiger partial charge is 1.00 e. The molecule has 0 aliphatic carbocycles. The van der Waals surface area contributed by atoms with Crippen molar-refractivity contribution in [1.82, 2.24) is 0 Å². The summed E-state index contributed by atoms with van der Waals surface area (Å²) in [7, 11) is 0. The third-order valence-electron chi connectivity index (χ3n) is 1.45. The van der Waals surface area contributed by atoms with Crippen LogP contribution in [0.2, 0.25) is 0 Å². The molecule has 60 valence electrons. The van der Waals surface area contributed by atoms with Crippen LogP contribution < -0.4 is 29.6 Å². The molecule has 1 aromatic carbocycles. The van der Waals surface area contributed by atoms with Crippen molar-refractivity contribution in [3.63, 3.8) is 0 Å². The molecule has 0 spiro atoms. The summed E-state index contributed by atoms with van der Waals surface area (Å²) in [4.78, 5) is 14.3. The first-order chi connectivity index (χ1) is 5.25. The van der Waals surface area contributed by atoms with Gasteiger partial charge in [-0.3, -0.25) is 4.89 Å². The maximum atomic E-state index is 10.8. The molecule has 0 amide bonds. The molecule has 0 saturated carbocycles. The Bertz CT molecular complexity index is 278. The first-order valence-electron chi connectivity index (χ1n) is 3.17. The van der Waals surface area contributed by atoms with Crippen LogP contribution >= 0.6 is 0 Å². The van der Waals surface area contributed by atoms with Gasteiger partial charge in [0.2, 0.25) is 0 Å². The Labute approximate surface area is 94.1 Å². The fraction of sp³-hybridized carbons (Fsp3) is 0.125. The molecule has 0 bridgehead atoms. The van der Waals surface area contributed by atoms with E-state index >= 15 is 0 Å². The molecule has 0 aliphatic heterocycles. The Kier molecular flexibility index (Phi) is 5.17. The Morgan fingerprint density at radius 1 is 1.50 bits per heavy atom. The van der Waals surface area contributed by atoms with Crippen molar-refractivity contribution in [2.75, 3.05) is 0 Å². The van der Waals surface area contributed by atoms with Gasteiger partial charge in [-0.2, -0.15) is 5.26 Å². The van der Waals surface area contributed by atoms with Gasteiger partial charge in [0.15, 0.2) is 0 Å². The van der Waals surface area contributed by atoms with Crippen molar-refractivity contribution < 1.29 is 45.9 Å². The van der Waals surface area contributed by atoms with Gasteiger partial charge in [0.05, 0.1) is 5.56 Å². The van der Waals surface area contributed by atoms with E-state index in [1.54, 1.807) is 25.1 Å². The number of hydrogen-bond donors (Lipinski definition) is 1. The number of carbonyl (C=O) groups excluding carboxylic acids is 1. The SMILES string of the molecule is Cc1ccccc1C(=O)OO.[H-].[Na+]. The topological polar surface area (TPSA) is 46.5 Å². The quantitative estimate of drug-likeness (QED) is 0.330. The monoisotopic (exact) mass is 176 g/mol. The molecule has 1 aromatic rings. The summed E-state index contributed by atoms with van der Waals surface area (Å²) < 4.78 is 0. The van der Waals surface area contributed by atoms with E-state index < -0.39 is 5.97 Å². The van der Waals surface area contributed by atoms with E-state index in [4.69, 9.17) is 5.26 Å². The maximum absolute atomic E-state index is 10.8. The molecule has 0 aromatic heterocycles. The molecule has 1 N–H and O–H groups in total. The maximum Gasteiger partial charge on any atom is 1.00 e. The van der Waals surface area contributed by atoms with Crippen molar-refractivity contribution in [3.8, 4) is 0 Å². The van der Waals surface area contributed by atoms with Gasteiger partial charge in [-0.15, -0.1) is 0 Å². The predicted molar refractivity (Wildman–Crippen MR) is 40.3 cm³/mol. The zero-order chi connectivity index (χ0) is 8.27. The van der Waals surface area contributed by atoms with Gasteiger partial charge < -0.3 is 1.43 Å². The van der Waals surface area contributed by atoms with Crippen LogP contribution in [0.5, 0.6) is 0 Å². The first kappa shape index (κ1) is 11.6. The van der Waals surface area contributed by atoms with Crippen LogP contribution in [0.4, 0.5) is 0 Å². The van der Waals surface area contributed by atoms with Crippen molar-refractivity contribution in [2.45, 2.75) is 6.92 Å². The summed E-state index contributed by atoms with van der Waals surface area (Å²) in [5, 5.41) is 8.06. The minimum Gasteiger partial charge on any atom is -1.00 e. The molecule has 3 nitrogen and oxygen atoms in total. The van der Waals surface area contributed by atoms with E-state index in [2.05, 4.69) is 4.89 Å². The van der Waals surface area contributed by atoms with Gasteiger partial charge in [-0.25, -0.2) is 4.79 Å². The van der Waals surface area contributed by atoms with Gasteiger partial charge in [0.25, 0.3) is 0 Å². The third-order valence-corrected chi connectivity index (χ3v) is 1.45. The second kappa shape index (κ2) is 5.32. The molecule has 0 aliphatic rings. The van der Waals surface area contributed by atoms with Crippen molar-refractivity contribution >= 4 is 5.97 Å². The van der Waals surface area contributed by atoms with Crippen molar-refractivity contribution in [1.29, 1.82) is 0 Å². The third kappa shape index (κ3) is 2.60. The normalized spacial score (nSPS) is 8.50. The molecule has 0 heterocycles. The average Bonchev–Trinajstić information content (AvgIpc) is 2.04. The van der Waals surface area contributed by atoms with Crippen LogP contribution in [0.15, 0.2) is 24.3 Å². The Balaban J connectivity index is 0. The molecular formula is C8H9NaO3. The van der Waals surface area contributed by atoms with Crippen molar-refractivity contribution in [3.05, 3.63) is 35.4 Å². The molecule has 0 unspecified atom stereocenters. The van der Waals surface area contributed by atoms with E-state index in [0.29, 0.717) is 5.56 Å². The Morgan fingerprint density at radius 2 is 2.08 bits per heavy atom. The van der Waals surface area contributed by atoms with Gasteiger partial charge in [-0.05, 0) is 18.6 Å². The van der Waals surface area contributed by atoms with Gasteiger partial charge in [0, 0.05) is 0 Å². The number of carbonyl (C=O) groups is 1. The molecular weight excluding hydrogens is 167 g/mol. The van der Waals surface area contributed by atoms with Gasteiger partial charge in [0.1, 0.15) is 0 Å². The molecule has 0 atom stereocenters. The second-order valence-corrected chi connectivity index (χ2v) is 2.19. The minimum absolute atomic E-state index is 0. The average molecular weight is 176 g/mol. The molecule has 4 heteroatoms. The van der Waals surface area contributed by atoms with Crippen LogP contribution in [-0.2, 0) is 4.89 Å². The van der Waals surface area contributed by atoms with E-state index in [0.717, 1.165) is 5.56 Å². The number of aryl methyl sites for hydroxylation is 1. The first-order valence-corrected chi connectivity index (χ1v) is 3.17. The Hall–Kier alpha value is -0.350. The fourth-order valence-corrected chi connectivity index (χ4v) is 0.851. The van der Waals surface area contributed by atoms with Crippen LogP contribution in [0.25, 0.3) is 0 Å². The van der Waals surface area contributed by atoms with E-state index in [1.807, 2.05) is 6.07 Å². The summed E-state index contributed by atoms with van der Waals surface area (Å²) in [6.07, 6.45) is 0. The van der Waals surface area contributed by atoms with Gasteiger partial charge >= 0.3 is 35.5 Å². The number of hydrogen-bond acceptors (Lipinski definition) is 3. The molecule has 0 radical (unpaired) electrons. The summed E-state index contributed by atoms with van der Waals surface area (Å²) in [6.45, 7) is 1.77. The summed E-state index contributed by atoms with van der Waals surface area (Å²) >= 11 is 0. The molecule has 12 heavy (non-hydrogen) atoms. The van der Waals surface area contributed by atoms with Crippen LogP contribution in [0.1, 0.15) is 17.3 Å². The van der Waals surface area contributed by atoms with E-state index in [1.165, 1.54) is 0 Å². The number of benzene rings is 1. The zero-order valence-electron chi connectivity index (χ0n) is 8.07. The zero-order valence-corrected chi connectivity index (χ0v) is 9.07. The second-order valence-electron chi connectivity index (χ2n) is 2.19. The van der Waals surface area contributed by atoms with Crippen molar-refractivity contribution in [2.24, 2.45) is 0 Å². The van der Waals surface area contributed by atoms with Crippen LogP contribution in [-0.4, -0.2) is 11.2 Å². The van der Waals surface area contributed by atoms with Gasteiger partial charge in [-0.1, -0.05) is 18.2 Å². The van der Waals surface area contributed by atoms with Crippen LogP contribution in [0, 0.1) is 6.92 Å². The summed E-state index contributed by atoms with van der Waals surface area (Å²) in [5.41, 5.74) is 1.17. The smallest absolute Gasteiger partial charge is 1.00 e.